The van der Waals surface area contributed by atoms with Crippen LogP contribution in [0.4, 0.5) is 5.69 Å². The van der Waals surface area contributed by atoms with E-state index in [9.17, 15) is 19.5 Å². The van der Waals surface area contributed by atoms with Crippen molar-refractivity contribution in [3.05, 3.63) is 41.4 Å². The van der Waals surface area contributed by atoms with Gasteiger partial charge in [-0.05, 0) is 43.5 Å². The zero-order chi connectivity index (χ0) is 22.5. The molecule has 2 N–H and O–H groups in total. The van der Waals surface area contributed by atoms with E-state index in [1.54, 1.807) is 31.2 Å². The maximum Gasteiger partial charge on any atom is 0.310 e. The Balaban J connectivity index is 1.94. The molecule has 1 aliphatic carbocycles. The lowest BCUT2D eigenvalue weighted by Crippen LogP contribution is -2.45. The molecule has 0 aromatic heterocycles. The number of ether oxygens (including phenoxy) is 1. The fraction of sp³-hybridized carbons (Fsp3) is 0.522. The van der Waals surface area contributed by atoms with Crippen molar-refractivity contribution in [2.45, 2.75) is 32.7 Å². The number of likely N-dealkylation sites (tertiary alicyclic amines) is 1. The second-order valence-corrected chi connectivity index (χ2v) is 8.35. The number of hydrogen-bond acceptors (Lipinski definition) is 5. The maximum absolute atomic E-state index is 13.4. The highest BCUT2D eigenvalue weighted by molar-refractivity contribution is 6.30. The van der Waals surface area contributed by atoms with E-state index in [1.807, 2.05) is 19.1 Å². The predicted molar refractivity (Wildman–Crippen MR) is 117 cm³/mol. The van der Waals surface area contributed by atoms with Crippen molar-refractivity contribution in [1.82, 2.24) is 4.90 Å². The van der Waals surface area contributed by atoms with Crippen molar-refractivity contribution in [1.29, 1.82) is 0 Å². The average Bonchev–Trinajstić information content (AvgIpc) is 3.02. The molecular formula is C23H29ClN2O5. The molecule has 0 saturated carbocycles. The maximum atomic E-state index is 13.4. The molecule has 0 unspecified atom stereocenters. The Morgan fingerprint density at radius 3 is 2.52 bits per heavy atom. The molecule has 1 fully saturated rings. The van der Waals surface area contributed by atoms with Gasteiger partial charge in [-0.2, -0.15) is 0 Å². The number of carbonyl (C=O) groups is 3. The van der Waals surface area contributed by atoms with Crippen LogP contribution in [-0.2, 0) is 19.1 Å². The zero-order valence-electron chi connectivity index (χ0n) is 17.8. The minimum Gasteiger partial charge on any atom is -0.466 e. The van der Waals surface area contributed by atoms with E-state index in [0.717, 1.165) is 12.8 Å². The Morgan fingerprint density at radius 1 is 1.19 bits per heavy atom. The molecule has 0 bridgehead atoms. The minimum atomic E-state index is -0.823. The van der Waals surface area contributed by atoms with Gasteiger partial charge in [-0.3, -0.25) is 14.4 Å². The number of β-amino-alcohol motifs (C(OH)–C–C–N with tert-alkyl or cyclic N) is 1. The molecule has 3 rings (SSSR count). The number of allylic oxidation sites excluding steroid dienone is 1. The number of carbonyl (C=O) groups excluding carboxylic acids is 3. The van der Waals surface area contributed by atoms with Crippen LogP contribution in [0.1, 0.15) is 26.7 Å². The number of halogens is 1. The summed E-state index contributed by atoms with van der Waals surface area (Å²) in [6.07, 6.45) is 5.45. The molecule has 1 aliphatic heterocycles. The van der Waals surface area contributed by atoms with Crippen LogP contribution in [0.2, 0.25) is 5.02 Å². The van der Waals surface area contributed by atoms with E-state index in [-0.39, 0.29) is 37.5 Å². The van der Waals surface area contributed by atoms with Crippen LogP contribution in [-0.4, -0.2) is 53.6 Å². The molecule has 31 heavy (non-hydrogen) atoms. The van der Waals surface area contributed by atoms with Crippen molar-refractivity contribution < 1.29 is 24.2 Å². The third-order valence-electron chi connectivity index (χ3n) is 6.01. The number of aliphatic hydroxyl groups excluding tert-OH is 1. The third kappa shape index (κ3) is 4.77. The molecule has 1 aromatic carbocycles. The van der Waals surface area contributed by atoms with E-state index in [0.29, 0.717) is 10.7 Å². The zero-order valence-corrected chi connectivity index (χ0v) is 18.5. The van der Waals surface area contributed by atoms with Gasteiger partial charge in [0.05, 0.1) is 25.0 Å². The fourth-order valence-electron chi connectivity index (χ4n) is 4.76. The molecular weight excluding hydrogens is 420 g/mol. The van der Waals surface area contributed by atoms with E-state index in [4.69, 9.17) is 16.3 Å². The second-order valence-electron chi connectivity index (χ2n) is 7.91. The Hall–Kier alpha value is -2.38. The number of nitrogens with zero attached hydrogens (tertiary/aromatic N) is 1. The van der Waals surface area contributed by atoms with Crippen LogP contribution in [0, 0.1) is 23.7 Å². The number of aliphatic hydroxyl groups is 1. The molecule has 1 heterocycles. The summed E-state index contributed by atoms with van der Waals surface area (Å²) in [5.41, 5.74) is 0.555. The molecule has 2 amide bonds. The summed E-state index contributed by atoms with van der Waals surface area (Å²) in [5, 5.41) is 12.9. The first-order valence-corrected chi connectivity index (χ1v) is 11.1. The van der Waals surface area contributed by atoms with Gasteiger partial charge in [0.1, 0.15) is 6.04 Å². The third-order valence-corrected chi connectivity index (χ3v) is 6.27. The largest absolute Gasteiger partial charge is 0.466 e. The highest BCUT2D eigenvalue weighted by Crippen LogP contribution is 2.45. The van der Waals surface area contributed by atoms with Crippen LogP contribution >= 0.6 is 11.6 Å². The number of nitrogens with one attached hydrogen (secondary N) is 1. The SMILES string of the molecule is CCC[C@@H]1C=C[C@H]2[C@@H](C(=O)N(CCO)[C@@H]2C(=O)Nc2ccc(Cl)cc2)[C@@H]1C(=O)OCC. The van der Waals surface area contributed by atoms with Gasteiger partial charge in [0.15, 0.2) is 0 Å². The quantitative estimate of drug-likeness (QED) is 0.471. The number of hydrogen-bond donors (Lipinski definition) is 2. The van der Waals surface area contributed by atoms with Gasteiger partial charge in [0, 0.05) is 23.2 Å². The molecule has 168 valence electrons. The smallest absolute Gasteiger partial charge is 0.310 e. The summed E-state index contributed by atoms with van der Waals surface area (Å²) in [4.78, 5) is 40.9. The molecule has 7 nitrogen and oxygen atoms in total. The first-order chi connectivity index (χ1) is 14.9. The summed E-state index contributed by atoms with van der Waals surface area (Å²) in [5.74, 6) is -2.99. The number of anilines is 1. The van der Waals surface area contributed by atoms with E-state index >= 15 is 0 Å². The van der Waals surface area contributed by atoms with Crippen LogP contribution < -0.4 is 5.32 Å². The average molecular weight is 449 g/mol. The highest BCUT2D eigenvalue weighted by atomic mass is 35.5. The first-order valence-electron chi connectivity index (χ1n) is 10.8. The molecule has 2 aliphatic rings. The number of fused-ring (bicyclic) bond motifs is 1. The number of amides is 2. The Bertz CT molecular complexity index is 841. The lowest BCUT2D eigenvalue weighted by Gasteiger charge is -2.33. The van der Waals surface area contributed by atoms with Gasteiger partial charge >= 0.3 is 5.97 Å². The van der Waals surface area contributed by atoms with Gasteiger partial charge in [-0.25, -0.2) is 0 Å². The molecule has 5 atom stereocenters. The van der Waals surface area contributed by atoms with Gasteiger partial charge in [0.25, 0.3) is 0 Å². The fourth-order valence-corrected chi connectivity index (χ4v) is 4.89. The summed E-state index contributed by atoms with van der Waals surface area (Å²) in [6, 6.07) is 5.87. The Labute approximate surface area is 187 Å². The Kier molecular flexibility index (Phi) is 7.73. The summed E-state index contributed by atoms with van der Waals surface area (Å²) < 4.78 is 5.31. The molecule has 0 spiro atoms. The van der Waals surface area contributed by atoms with E-state index < -0.39 is 29.8 Å². The van der Waals surface area contributed by atoms with Gasteiger partial charge < -0.3 is 20.1 Å². The Morgan fingerprint density at radius 2 is 1.90 bits per heavy atom. The topological polar surface area (TPSA) is 95.9 Å². The van der Waals surface area contributed by atoms with Crippen molar-refractivity contribution in [3.63, 3.8) is 0 Å². The van der Waals surface area contributed by atoms with Gasteiger partial charge in [0.2, 0.25) is 11.8 Å². The molecule has 1 aromatic rings. The predicted octanol–water partition coefficient (Wildman–Crippen LogP) is 2.88. The van der Waals surface area contributed by atoms with Crippen molar-refractivity contribution in [2.75, 3.05) is 25.1 Å². The van der Waals surface area contributed by atoms with Crippen molar-refractivity contribution in [2.24, 2.45) is 23.7 Å². The summed E-state index contributed by atoms with van der Waals surface area (Å²) in [6.45, 7) is 3.73. The van der Waals surface area contributed by atoms with Crippen LogP contribution in [0.25, 0.3) is 0 Å². The monoisotopic (exact) mass is 448 g/mol. The lowest BCUT2D eigenvalue weighted by molar-refractivity contribution is -0.155. The normalized spacial score (nSPS) is 27.2. The lowest BCUT2D eigenvalue weighted by atomic mass is 9.69. The minimum absolute atomic E-state index is 0.0202. The summed E-state index contributed by atoms with van der Waals surface area (Å²) in [7, 11) is 0. The first kappa shape index (κ1) is 23.3. The highest BCUT2D eigenvalue weighted by Gasteiger charge is 2.57. The summed E-state index contributed by atoms with van der Waals surface area (Å²) >= 11 is 5.91. The van der Waals surface area contributed by atoms with Crippen LogP contribution in [0.15, 0.2) is 36.4 Å². The van der Waals surface area contributed by atoms with Gasteiger partial charge in [-0.15, -0.1) is 0 Å². The van der Waals surface area contributed by atoms with E-state index in [2.05, 4.69) is 5.32 Å². The molecule has 1 saturated heterocycles. The number of esters is 1. The standard InChI is InChI=1S/C23H29ClN2O5/c1-3-5-14-6-11-17-19(18(14)23(30)31-4-2)22(29)26(12-13-27)20(17)21(28)25-16-9-7-15(24)8-10-16/h6-11,14,17-20,27H,3-5,12-13H2,1-2H3,(H,25,28)/t14-,17+,18-,19-,20+/m1/s1. The number of rotatable bonds is 8. The van der Waals surface area contributed by atoms with Gasteiger partial charge in [-0.1, -0.05) is 37.1 Å². The number of benzene rings is 1. The molecule has 0 radical (unpaired) electrons. The van der Waals surface area contributed by atoms with Crippen molar-refractivity contribution in [3.8, 4) is 0 Å². The molecule has 8 heteroatoms. The van der Waals surface area contributed by atoms with E-state index in [1.165, 1.54) is 4.90 Å². The van der Waals surface area contributed by atoms with Crippen LogP contribution in [0.3, 0.4) is 0 Å². The second kappa shape index (κ2) is 10.3. The van der Waals surface area contributed by atoms with Crippen LogP contribution in [0.5, 0.6) is 0 Å². The van der Waals surface area contributed by atoms with Crippen molar-refractivity contribution >= 4 is 35.1 Å².